The van der Waals surface area contributed by atoms with Crippen molar-refractivity contribution < 1.29 is 14.0 Å². The van der Waals surface area contributed by atoms with Gasteiger partial charge in [0.2, 0.25) is 5.95 Å². The summed E-state index contributed by atoms with van der Waals surface area (Å²) in [6, 6.07) is -0.171. The second-order valence-electron chi connectivity index (χ2n) is 7.51. The third-order valence-electron chi connectivity index (χ3n) is 6.15. The second kappa shape index (κ2) is 7.91. The molecule has 1 aliphatic carbocycles. The topological polar surface area (TPSA) is 47.4 Å². The van der Waals surface area contributed by atoms with Gasteiger partial charge < -0.3 is 0 Å². The van der Waals surface area contributed by atoms with Gasteiger partial charge >= 0.3 is 0 Å². The van der Waals surface area contributed by atoms with Crippen molar-refractivity contribution in [2.45, 2.75) is 66.3 Å². The van der Waals surface area contributed by atoms with Gasteiger partial charge in [0.15, 0.2) is 0 Å². The van der Waals surface area contributed by atoms with E-state index in [9.17, 15) is 9.18 Å². The highest BCUT2D eigenvalue weighted by molar-refractivity contribution is 5.94. The Hall–Kier alpha value is -1.69. The predicted octanol–water partition coefficient (Wildman–Crippen LogP) is 4.42. The molecule has 0 spiro atoms. The van der Waals surface area contributed by atoms with Crippen molar-refractivity contribution in [2.24, 2.45) is 18.4 Å². The Bertz CT molecular complexity index is 691. The molecule has 2 unspecified atom stereocenters. The van der Waals surface area contributed by atoms with Crippen LogP contribution < -0.4 is 0 Å². The molecule has 0 saturated carbocycles. The largest absolute Gasteiger partial charge is 0.284 e. The van der Waals surface area contributed by atoms with Crippen LogP contribution >= 0.6 is 0 Å². The van der Waals surface area contributed by atoms with Crippen LogP contribution in [0.1, 0.15) is 69.4 Å². The summed E-state index contributed by atoms with van der Waals surface area (Å²) < 4.78 is 15.5. The van der Waals surface area contributed by atoms with Crippen molar-refractivity contribution in [3.8, 4) is 0 Å². The van der Waals surface area contributed by atoms with Gasteiger partial charge in [-0.3, -0.25) is 9.63 Å². The zero-order valence-electron chi connectivity index (χ0n) is 17.1. The zero-order valence-corrected chi connectivity index (χ0v) is 17.1. The smallest absolute Gasteiger partial charge is 0.274 e. The monoisotopic (exact) mass is 365 g/mol. The van der Waals surface area contributed by atoms with E-state index in [-0.39, 0.29) is 22.9 Å². The normalized spacial score (nSPS) is 20.6. The molecule has 1 aromatic rings. The van der Waals surface area contributed by atoms with E-state index >= 15 is 0 Å². The summed E-state index contributed by atoms with van der Waals surface area (Å²) >= 11 is 0. The maximum absolute atomic E-state index is 14.4. The highest BCUT2D eigenvalue weighted by atomic mass is 19.1. The Kier molecular flexibility index (Phi) is 6.27. The molecule has 1 aromatic heterocycles. The first-order valence-electron chi connectivity index (χ1n) is 9.47. The summed E-state index contributed by atoms with van der Waals surface area (Å²) in [5.41, 5.74) is 1.80. The minimum absolute atomic E-state index is 0.0117. The van der Waals surface area contributed by atoms with E-state index in [2.05, 4.69) is 31.9 Å². The van der Waals surface area contributed by atoms with Crippen LogP contribution in [0.25, 0.3) is 0 Å². The van der Waals surface area contributed by atoms with Crippen LogP contribution in [0.5, 0.6) is 0 Å². The van der Waals surface area contributed by atoms with Gasteiger partial charge in [-0.25, -0.2) is 9.75 Å². The molecule has 6 heteroatoms. The van der Waals surface area contributed by atoms with Gasteiger partial charge in [-0.15, -0.1) is 0 Å². The SMILES string of the molecule is CCC1(CC)C=C(C)CCC1C(C)N(OC)C(=O)c1c(C)nn(C)c1F. The molecule has 26 heavy (non-hydrogen) atoms. The lowest BCUT2D eigenvalue weighted by atomic mass is 9.63. The summed E-state index contributed by atoms with van der Waals surface area (Å²) in [6.45, 7) is 10.2. The quantitative estimate of drug-likeness (QED) is 0.554. The van der Waals surface area contributed by atoms with E-state index in [0.29, 0.717) is 5.69 Å². The summed E-state index contributed by atoms with van der Waals surface area (Å²) in [4.78, 5) is 18.5. The van der Waals surface area contributed by atoms with E-state index in [1.807, 2.05) is 6.92 Å². The van der Waals surface area contributed by atoms with Crippen LogP contribution in [0.3, 0.4) is 0 Å². The molecular formula is C20H32FN3O2. The second-order valence-corrected chi connectivity index (χ2v) is 7.51. The number of halogens is 1. The van der Waals surface area contributed by atoms with Crippen LogP contribution in [0.2, 0.25) is 0 Å². The molecular weight excluding hydrogens is 333 g/mol. The van der Waals surface area contributed by atoms with Gasteiger partial charge in [-0.05, 0) is 57.8 Å². The van der Waals surface area contributed by atoms with Crippen LogP contribution in [-0.4, -0.2) is 33.9 Å². The van der Waals surface area contributed by atoms with Crippen LogP contribution in [-0.2, 0) is 11.9 Å². The fourth-order valence-electron chi connectivity index (χ4n) is 4.62. The number of hydrogen-bond acceptors (Lipinski definition) is 3. The zero-order chi connectivity index (χ0) is 19.6. The molecule has 1 aliphatic rings. The molecule has 5 nitrogen and oxygen atoms in total. The van der Waals surface area contributed by atoms with Gasteiger partial charge in [0.1, 0.15) is 5.56 Å². The Labute approximate surface area is 156 Å². The summed E-state index contributed by atoms with van der Waals surface area (Å²) in [5, 5.41) is 5.36. The third-order valence-corrected chi connectivity index (χ3v) is 6.15. The first-order chi connectivity index (χ1) is 12.2. The predicted molar refractivity (Wildman–Crippen MR) is 100 cm³/mol. The number of allylic oxidation sites excluding steroid dienone is 2. The van der Waals surface area contributed by atoms with E-state index in [0.717, 1.165) is 30.4 Å². The molecule has 1 heterocycles. The van der Waals surface area contributed by atoms with Crippen molar-refractivity contribution in [3.05, 3.63) is 28.9 Å². The van der Waals surface area contributed by atoms with Crippen molar-refractivity contribution in [3.63, 3.8) is 0 Å². The van der Waals surface area contributed by atoms with Gasteiger partial charge in [0.05, 0.1) is 18.8 Å². The van der Waals surface area contributed by atoms with Crippen LogP contribution in [0.15, 0.2) is 11.6 Å². The van der Waals surface area contributed by atoms with E-state index in [4.69, 9.17) is 4.84 Å². The fraction of sp³-hybridized carbons (Fsp3) is 0.700. The number of carbonyl (C=O) groups excluding carboxylic acids is 1. The Morgan fingerprint density at radius 1 is 1.46 bits per heavy atom. The minimum Gasteiger partial charge on any atom is -0.274 e. The molecule has 146 valence electrons. The molecule has 0 aliphatic heterocycles. The molecule has 2 rings (SSSR count). The van der Waals surface area contributed by atoms with Crippen LogP contribution in [0, 0.1) is 24.2 Å². The van der Waals surface area contributed by atoms with Gasteiger partial charge in [-0.1, -0.05) is 25.5 Å². The summed E-state index contributed by atoms with van der Waals surface area (Å²) in [6.07, 6.45) is 6.39. The van der Waals surface area contributed by atoms with Crippen molar-refractivity contribution in [2.75, 3.05) is 7.11 Å². The molecule has 2 atom stereocenters. The van der Waals surface area contributed by atoms with E-state index in [1.54, 1.807) is 6.92 Å². The van der Waals surface area contributed by atoms with Gasteiger partial charge in [0, 0.05) is 7.05 Å². The molecule has 0 N–H and O–H groups in total. The first-order valence-corrected chi connectivity index (χ1v) is 9.47. The maximum Gasteiger partial charge on any atom is 0.284 e. The number of nitrogens with zero attached hydrogens (tertiary/aromatic N) is 3. The summed E-state index contributed by atoms with van der Waals surface area (Å²) in [5.74, 6) is -0.834. The number of rotatable bonds is 6. The number of hydrogen-bond donors (Lipinski definition) is 0. The Morgan fingerprint density at radius 3 is 2.54 bits per heavy atom. The first kappa shape index (κ1) is 20.6. The standard InChI is InChI=1S/C20H32FN3O2/c1-8-20(9-2)12-13(3)10-11-16(20)15(5)24(26-7)19(25)17-14(4)22-23(6)18(17)21/h12,15-16H,8-11H2,1-7H3. The lowest BCUT2D eigenvalue weighted by molar-refractivity contribution is -0.143. The fourth-order valence-corrected chi connectivity index (χ4v) is 4.62. The van der Waals surface area contributed by atoms with E-state index < -0.39 is 11.9 Å². The molecule has 0 fully saturated rings. The molecule has 0 bridgehead atoms. The van der Waals surface area contributed by atoms with Crippen molar-refractivity contribution in [1.29, 1.82) is 0 Å². The Balaban J connectivity index is 2.39. The lowest BCUT2D eigenvalue weighted by Gasteiger charge is -2.46. The maximum atomic E-state index is 14.4. The number of hydroxylamine groups is 2. The summed E-state index contributed by atoms with van der Waals surface area (Å²) in [7, 11) is 2.97. The number of aryl methyl sites for hydroxylation is 2. The third kappa shape index (κ3) is 3.43. The highest BCUT2D eigenvalue weighted by Crippen LogP contribution is 2.47. The van der Waals surface area contributed by atoms with Crippen molar-refractivity contribution in [1.82, 2.24) is 14.8 Å². The number of aromatic nitrogens is 2. The number of amides is 1. The molecule has 0 saturated heterocycles. The lowest BCUT2D eigenvalue weighted by Crippen LogP contribution is -2.48. The Morgan fingerprint density at radius 2 is 2.08 bits per heavy atom. The van der Waals surface area contributed by atoms with Crippen molar-refractivity contribution >= 4 is 5.91 Å². The van der Waals surface area contributed by atoms with Gasteiger partial charge in [0.25, 0.3) is 5.91 Å². The molecule has 1 amide bonds. The van der Waals surface area contributed by atoms with E-state index in [1.165, 1.54) is 24.8 Å². The average molecular weight is 365 g/mol. The van der Waals surface area contributed by atoms with Crippen LogP contribution in [0.4, 0.5) is 4.39 Å². The van der Waals surface area contributed by atoms with Gasteiger partial charge in [-0.2, -0.15) is 9.49 Å². The molecule has 0 radical (unpaired) electrons. The average Bonchev–Trinajstić information content (AvgIpc) is 2.86. The molecule has 0 aromatic carbocycles. The number of carbonyl (C=O) groups is 1. The minimum atomic E-state index is -0.626. The highest BCUT2D eigenvalue weighted by Gasteiger charge is 2.43.